The molecule has 0 saturated carbocycles. The van der Waals surface area contributed by atoms with Gasteiger partial charge in [-0.1, -0.05) is 66.5 Å². The topological polar surface area (TPSA) is 66.8 Å². The smallest absolute Gasteiger partial charge is 0.341 e. The van der Waals surface area contributed by atoms with Gasteiger partial charge in [-0.15, -0.1) is 0 Å². The lowest BCUT2D eigenvalue weighted by molar-refractivity contribution is -0.139. The zero-order chi connectivity index (χ0) is 21.0. The minimum atomic E-state index is -1.07. The molecule has 2 N–H and O–H groups in total. The number of carbonyl (C=O) groups is 1. The molecule has 0 saturated heterocycles. The van der Waals surface area contributed by atoms with Crippen molar-refractivity contribution in [3.63, 3.8) is 0 Å². The lowest BCUT2D eigenvalue weighted by Crippen LogP contribution is -2.24. The van der Waals surface area contributed by atoms with E-state index in [1.54, 1.807) is 18.2 Å². The quantitative estimate of drug-likeness (QED) is 0.536. The molecule has 1 aliphatic rings. The number of hydrogen-bond acceptors (Lipinski definition) is 3. The van der Waals surface area contributed by atoms with Crippen LogP contribution in [-0.2, 0) is 11.2 Å². The van der Waals surface area contributed by atoms with Crippen LogP contribution in [0.15, 0.2) is 60.4 Å². The number of benzene rings is 2. The number of allylic oxidation sites excluding steroid dienone is 3. The third-order valence-electron chi connectivity index (χ3n) is 5.26. The molecular formula is C23H22Cl2O4. The molecular weight excluding hydrogens is 411 g/mol. The molecule has 0 amide bonds. The first-order chi connectivity index (χ1) is 13.8. The fraction of sp³-hybridized carbons (Fsp3) is 0.261. The van der Waals surface area contributed by atoms with Crippen molar-refractivity contribution in [2.75, 3.05) is 6.61 Å². The molecule has 0 bridgehead atoms. The minimum absolute atomic E-state index is 0.256. The van der Waals surface area contributed by atoms with Gasteiger partial charge in [0.1, 0.15) is 11.5 Å². The van der Waals surface area contributed by atoms with E-state index >= 15 is 0 Å². The maximum Gasteiger partial charge on any atom is 0.341 e. The van der Waals surface area contributed by atoms with Crippen LogP contribution in [0.3, 0.4) is 0 Å². The molecule has 1 atom stereocenters. The zero-order valence-corrected chi connectivity index (χ0v) is 17.5. The highest BCUT2D eigenvalue weighted by atomic mass is 35.5. The molecule has 0 aromatic heterocycles. The summed E-state index contributed by atoms with van der Waals surface area (Å²) in [6.45, 7) is 1.64. The Bertz CT molecular complexity index is 943. The van der Waals surface area contributed by atoms with Crippen molar-refractivity contribution < 1.29 is 19.7 Å². The summed E-state index contributed by atoms with van der Waals surface area (Å²) >= 11 is 12.9. The minimum Gasteiger partial charge on any atom is -0.508 e. The molecule has 0 fully saturated rings. The first kappa shape index (κ1) is 21.3. The molecule has 0 heterocycles. The van der Waals surface area contributed by atoms with Crippen LogP contribution in [0.5, 0.6) is 5.75 Å². The van der Waals surface area contributed by atoms with Crippen LogP contribution in [0.1, 0.15) is 30.9 Å². The maximum absolute atomic E-state index is 10.7. The fourth-order valence-corrected chi connectivity index (χ4v) is 4.17. The Morgan fingerprint density at radius 2 is 1.83 bits per heavy atom. The van der Waals surface area contributed by atoms with E-state index in [1.807, 2.05) is 36.4 Å². The van der Waals surface area contributed by atoms with Crippen LogP contribution in [0.4, 0.5) is 0 Å². The lowest BCUT2D eigenvalue weighted by atomic mass is 9.70. The largest absolute Gasteiger partial charge is 0.508 e. The molecule has 2 aromatic rings. The third kappa shape index (κ3) is 4.95. The van der Waals surface area contributed by atoms with Crippen molar-refractivity contribution in [3.05, 3.63) is 81.5 Å². The monoisotopic (exact) mass is 432 g/mol. The van der Waals surface area contributed by atoms with Crippen molar-refractivity contribution >= 4 is 34.7 Å². The van der Waals surface area contributed by atoms with Crippen molar-refractivity contribution in [3.8, 4) is 5.75 Å². The highest BCUT2D eigenvalue weighted by Gasteiger charge is 2.33. The second-order valence-corrected chi connectivity index (χ2v) is 7.99. The first-order valence-electron chi connectivity index (χ1n) is 9.33. The summed E-state index contributed by atoms with van der Waals surface area (Å²) in [5, 5.41) is 20.1. The zero-order valence-electron chi connectivity index (χ0n) is 16.0. The van der Waals surface area contributed by atoms with E-state index in [2.05, 4.69) is 6.92 Å². The number of ether oxygens (including phenoxy) is 1. The van der Waals surface area contributed by atoms with Crippen molar-refractivity contribution in [2.24, 2.45) is 5.41 Å². The summed E-state index contributed by atoms with van der Waals surface area (Å²) in [6, 6.07) is 13.0. The summed E-state index contributed by atoms with van der Waals surface area (Å²) in [4.78, 5) is 10.7. The number of carboxylic acid groups (broad SMARTS) is 1. The Morgan fingerprint density at radius 3 is 2.41 bits per heavy atom. The summed E-state index contributed by atoms with van der Waals surface area (Å²) in [7, 11) is 0. The molecule has 29 heavy (non-hydrogen) atoms. The highest BCUT2D eigenvalue weighted by Crippen LogP contribution is 2.45. The van der Waals surface area contributed by atoms with E-state index in [4.69, 9.17) is 33.0 Å². The Morgan fingerprint density at radius 1 is 1.17 bits per heavy atom. The molecule has 4 nitrogen and oxygen atoms in total. The Kier molecular flexibility index (Phi) is 6.56. The van der Waals surface area contributed by atoms with Gasteiger partial charge in [-0.3, -0.25) is 0 Å². The fourth-order valence-electron chi connectivity index (χ4n) is 3.57. The predicted molar refractivity (Wildman–Crippen MR) is 116 cm³/mol. The molecule has 1 aliphatic carbocycles. The van der Waals surface area contributed by atoms with Gasteiger partial charge in [0.15, 0.2) is 6.61 Å². The van der Waals surface area contributed by atoms with Gasteiger partial charge in [0.05, 0.1) is 0 Å². The first-order valence-corrected chi connectivity index (χ1v) is 10.1. The predicted octanol–water partition coefficient (Wildman–Crippen LogP) is 6.32. The van der Waals surface area contributed by atoms with Gasteiger partial charge < -0.3 is 14.9 Å². The van der Waals surface area contributed by atoms with Crippen LogP contribution in [0, 0.1) is 5.41 Å². The van der Waals surface area contributed by atoms with Crippen LogP contribution in [-0.4, -0.2) is 22.8 Å². The van der Waals surface area contributed by atoms with Crippen LogP contribution in [0.25, 0.3) is 5.57 Å². The second-order valence-electron chi connectivity index (χ2n) is 7.18. The van der Waals surface area contributed by atoms with Crippen molar-refractivity contribution in [1.82, 2.24) is 0 Å². The number of hydrogen-bond donors (Lipinski definition) is 2. The van der Waals surface area contributed by atoms with E-state index in [9.17, 15) is 9.90 Å². The van der Waals surface area contributed by atoms with Gasteiger partial charge in [-0.25, -0.2) is 4.79 Å². The molecule has 1 unspecified atom stereocenters. The van der Waals surface area contributed by atoms with Crippen molar-refractivity contribution in [2.45, 2.75) is 26.2 Å². The van der Waals surface area contributed by atoms with Crippen LogP contribution < -0.4 is 4.74 Å². The number of aliphatic carboxylic acids is 1. The molecule has 2 aromatic carbocycles. The van der Waals surface area contributed by atoms with E-state index < -0.39 is 12.6 Å². The van der Waals surface area contributed by atoms with E-state index in [1.165, 1.54) is 0 Å². The van der Waals surface area contributed by atoms with E-state index in [-0.39, 0.29) is 11.2 Å². The Balaban J connectivity index is 1.88. The highest BCUT2D eigenvalue weighted by molar-refractivity contribution is 6.36. The molecule has 152 valence electrons. The SMILES string of the molecule is CCC1(Cc2c(Cl)cc(OCC(=O)O)cc2Cl)C=CC(O)=C(c2ccccc2)C1. The van der Waals surface area contributed by atoms with E-state index in [0.29, 0.717) is 28.6 Å². The van der Waals surface area contributed by atoms with Crippen molar-refractivity contribution in [1.29, 1.82) is 0 Å². The van der Waals surface area contributed by atoms with Crippen LogP contribution in [0.2, 0.25) is 10.0 Å². The summed E-state index contributed by atoms with van der Waals surface area (Å²) in [5.74, 6) is -0.480. The molecule has 0 radical (unpaired) electrons. The third-order valence-corrected chi connectivity index (χ3v) is 5.94. The summed E-state index contributed by atoms with van der Waals surface area (Å²) in [5.41, 5.74) is 2.40. The number of aliphatic hydroxyl groups is 1. The average molecular weight is 433 g/mol. The Labute approximate surface area is 180 Å². The average Bonchev–Trinajstić information content (AvgIpc) is 2.71. The standard InChI is InChI=1S/C23H22Cl2O4/c1-2-23(9-8-21(26)17(12-23)15-6-4-3-5-7-15)13-18-19(24)10-16(11-20(18)25)29-14-22(27)28/h3-11,26H,2,12-14H2,1H3,(H,27,28). The number of aliphatic hydroxyl groups excluding tert-OH is 1. The van der Waals surface area contributed by atoms with Crippen LogP contribution >= 0.6 is 23.2 Å². The number of carboxylic acids is 1. The van der Waals surface area contributed by atoms with Gasteiger partial charge in [-0.05, 0) is 54.0 Å². The molecule has 3 rings (SSSR count). The summed E-state index contributed by atoms with van der Waals surface area (Å²) in [6.07, 6.45) is 5.84. The van der Waals surface area contributed by atoms with Gasteiger partial charge in [0, 0.05) is 15.6 Å². The summed E-state index contributed by atoms with van der Waals surface area (Å²) < 4.78 is 5.19. The molecule has 0 spiro atoms. The number of halogens is 2. The normalized spacial score (nSPS) is 18.7. The van der Waals surface area contributed by atoms with Gasteiger partial charge >= 0.3 is 5.97 Å². The van der Waals surface area contributed by atoms with Gasteiger partial charge in [0.25, 0.3) is 0 Å². The van der Waals surface area contributed by atoms with Gasteiger partial charge in [0.2, 0.25) is 0 Å². The molecule has 6 heteroatoms. The maximum atomic E-state index is 10.7. The van der Waals surface area contributed by atoms with E-state index in [0.717, 1.165) is 23.1 Å². The van der Waals surface area contributed by atoms with Gasteiger partial charge in [-0.2, -0.15) is 0 Å². The molecule has 0 aliphatic heterocycles. The lowest BCUT2D eigenvalue weighted by Gasteiger charge is -2.34. The second kappa shape index (κ2) is 8.93. The Hall–Kier alpha value is -2.43. The number of rotatable bonds is 7.